The lowest BCUT2D eigenvalue weighted by Gasteiger charge is -2.42. The fourth-order valence-electron chi connectivity index (χ4n) is 6.88. The molecule has 260 valence electrons. The Bertz CT molecular complexity index is 1790. The van der Waals surface area contributed by atoms with Gasteiger partial charge in [0.25, 0.3) is 5.91 Å². The van der Waals surface area contributed by atoms with Crippen molar-refractivity contribution in [1.82, 2.24) is 5.01 Å². The number of benzene rings is 4. The molecule has 0 aromatic heterocycles. The summed E-state index contributed by atoms with van der Waals surface area (Å²) < 4.78 is 17.7. The van der Waals surface area contributed by atoms with Crippen LogP contribution in [-0.4, -0.2) is 81.1 Å². The molecule has 10 heteroatoms. The van der Waals surface area contributed by atoms with Crippen molar-refractivity contribution < 1.29 is 24.1 Å². The van der Waals surface area contributed by atoms with Crippen molar-refractivity contribution >= 4 is 35.4 Å². The molecule has 0 saturated carbocycles. The topological polar surface area (TPSA) is 99.4 Å². The lowest BCUT2D eigenvalue weighted by Crippen LogP contribution is -2.44. The fourth-order valence-corrected chi connectivity index (χ4v) is 6.88. The summed E-state index contributed by atoms with van der Waals surface area (Å²) in [7, 11) is 0. The Kier molecular flexibility index (Phi) is 10.8. The summed E-state index contributed by atoms with van der Waals surface area (Å²) >= 11 is 0. The zero-order valence-corrected chi connectivity index (χ0v) is 29.2. The molecule has 1 spiro atoms. The van der Waals surface area contributed by atoms with Crippen LogP contribution in [0.5, 0.6) is 17.2 Å². The van der Waals surface area contributed by atoms with Gasteiger partial charge in [0.05, 0.1) is 31.7 Å². The van der Waals surface area contributed by atoms with Crippen LogP contribution in [0, 0.1) is 0 Å². The number of anilines is 2. The normalized spacial score (nSPS) is 14.2. The first-order valence-corrected chi connectivity index (χ1v) is 17.4. The number of carbonyl (C=O) groups excluding carboxylic acids is 1. The molecule has 0 unspecified atom stereocenters. The molecule has 0 bridgehead atoms. The Morgan fingerprint density at radius 3 is 1.98 bits per heavy atom. The highest BCUT2D eigenvalue weighted by Crippen LogP contribution is 2.58. The average Bonchev–Trinajstić information content (AvgIpc) is 3.39. The number of fused-ring (bicyclic) bond motifs is 6. The van der Waals surface area contributed by atoms with Gasteiger partial charge < -0.3 is 29.1 Å². The van der Waals surface area contributed by atoms with Crippen molar-refractivity contribution in [3.8, 4) is 17.2 Å². The standard InChI is InChI=1S/C40H45N5O5/c1-5-43(6-2)30-15-19-35-37(27-30)50-38-28-31(44(7-3)8-4)16-20-36(38)40(35)34-12-10-9-11-33(34)39(47)45(40)42-22-21-41-29-13-17-32(18-14-29)49-26-25-48-24-23-46/h9-22,27-28,46H,5-8,23-26H2,1-4H3/b41-21+,42-22+. The molecular formula is C40H45N5O5. The van der Waals surface area contributed by atoms with Crippen LogP contribution < -0.4 is 19.3 Å². The van der Waals surface area contributed by atoms with E-state index in [1.807, 2.05) is 48.5 Å². The largest absolute Gasteiger partial charge is 0.491 e. The molecule has 1 N–H and O–H groups in total. The summed E-state index contributed by atoms with van der Waals surface area (Å²) in [5.74, 6) is 1.88. The Morgan fingerprint density at radius 2 is 1.38 bits per heavy atom. The first-order valence-electron chi connectivity index (χ1n) is 17.4. The van der Waals surface area contributed by atoms with Crippen LogP contribution in [0.2, 0.25) is 0 Å². The molecule has 0 fully saturated rings. The van der Waals surface area contributed by atoms with Crippen molar-refractivity contribution in [1.29, 1.82) is 0 Å². The van der Waals surface area contributed by atoms with E-state index in [0.29, 0.717) is 41.7 Å². The first-order chi connectivity index (χ1) is 24.5. The molecule has 10 nitrogen and oxygen atoms in total. The van der Waals surface area contributed by atoms with Gasteiger partial charge in [-0.15, -0.1) is 0 Å². The van der Waals surface area contributed by atoms with Gasteiger partial charge in [-0.2, -0.15) is 5.10 Å². The van der Waals surface area contributed by atoms with Crippen molar-refractivity contribution in [2.24, 2.45) is 10.1 Å². The third kappa shape index (κ3) is 6.44. The maximum Gasteiger partial charge on any atom is 0.275 e. The summed E-state index contributed by atoms with van der Waals surface area (Å²) in [5, 5.41) is 15.3. The van der Waals surface area contributed by atoms with E-state index < -0.39 is 5.54 Å². The number of hydrogen-bond acceptors (Lipinski definition) is 9. The molecule has 0 radical (unpaired) electrons. The number of ether oxygens (including phenoxy) is 3. The van der Waals surface area contributed by atoms with Crippen LogP contribution in [-0.2, 0) is 10.3 Å². The number of aliphatic hydroxyl groups is 1. The van der Waals surface area contributed by atoms with Crippen molar-refractivity contribution in [2.75, 3.05) is 62.4 Å². The van der Waals surface area contributed by atoms with E-state index in [1.54, 1.807) is 17.4 Å². The maximum absolute atomic E-state index is 14.3. The maximum atomic E-state index is 14.3. The number of rotatable bonds is 15. The van der Waals surface area contributed by atoms with E-state index in [2.05, 4.69) is 78.9 Å². The monoisotopic (exact) mass is 675 g/mol. The average molecular weight is 676 g/mol. The van der Waals surface area contributed by atoms with Gasteiger partial charge >= 0.3 is 0 Å². The number of amides is 1. The number of nitrogens with zero attached hydrogens (tertiary/aromatic N) is 5. The second kappa shape index (κ2) is 15.6. The molecule has 4 aromatic rings. The van der Waals surface area contributed by atoms with E-state index in [-0.39, 0.29) is 19.1 Å². The summed E-state index contributed by atoms with van der Waals surface area (Å²) in [6, 6.07) is 27.7. The van der Waals surface area contributed by atoms with Gasteiger partial charge in [-0.05, 0) is 70.2 Å². The smallest absolute Gasteiger partial charge is 0.275 e. The van der Waals surface area contributed by atoms with Crippen LogP contribution in [0.3, 0.4) is 0 Å². The molecule has 0 atom stereocenters. The Balaban J connectivity index is 1.40. The molecule has 2 heterocycles. The summed E-state index contributed by atoms with van der Waals surface area (Å²) in [6.45, 7) is 13.0. The highest BCUT2D eigenvalue weighted by molar-refractivity contribution is 6.17. The van der Waals surface area contributed by atoms with Gasteiger partial charge in [0.2, 0.25) is 0 Å². The van der Waals surface area contributed by atoms with Gasteiger partial charge in [-0.25, -0.2) is 5.01 Å². The summed E-state index contributed by atoms with van der Waals surface area (Å²) in [6.07, 6.45) is 3.16. The molecule has 1 amide bonds. The highest BCUT2D eigenvalue weighted by atomic mass is 16.5. The lowest BCUT2D eigenvalue weighted by molar-refractivity contribution is 0.0675. The molecule has 0 aliphatic carbocycles. The second-order valence-electron chi connectivity index (χ2n) is 11.9. The minimum absolute atomic E-state index is 0.0135. The van der Waals surface area contributed by atoms with Crippen molar-refractivity contribution in [3.63, 3.8) is 0 Å². The number of aliphatic imine (C=N–C) groups is 1. The highest BCUT2D eigenvalue weighted by Gasteiger charge is 2.57. The zero-order valence-electron chi connectivity index (χ0n) is 29.2. The van der Waals surface area contributed by atoms with Crippen LogP contribution in [0.1, 0.15) is 54.7 Å². The van der Waals surface area contributed by atoms with Crippen molar-refractivity contribution in [2.45, 2.75) is 33.2 Å². The molecule has 0 saturated heterocycles. The number of hydrogen-bond donors (Lipinski definition) is 1. The Labute approximate surface area is 294 Å². The van der Waals surface area contributed by atoms with Gasteiger partial charge in [0.1, 0.15) is 29.4 Å². The van der Waals surface area contributed by atoms with E-state index in [4.69, 9.17) is 24.4 Å². The quantitative estimate of drug-likeness (QED) is 0.107. The number of hydrazone groups is 1. The SMILES string of the molecule is CCN(CC)c1ccc2c(c1)Oc1cc(N(CC)CC)ccc1C21c2ccccc2C(=O)N1/N=C/C=N/c1ccc(OCCOCCO)cc1. The lowest BCUT2D eigenvalue weighted by atomic mass is 9.75. The predicted octanol–water partition coefficient (Wildman–Crippen LogP) is 7.01. The molecular weight excluding hydrogens is 630 g/mol. The molecule has 6 rings (SSSR count). The van der Waals surface area contributed by atoms with E-state index >= 15 is 0 Å². The van der Waals surface area contributed by atoms with E-state index in [1.165, 1.54) is 0 Å². The number of aliphatic hydroxyl groups excluding tert-OH is 1. The second-order valence-corrected chi connectivity index (χ2v) is 11.9. The van der Waals surface area contributed by atoms with Crippen LogP contribution in [0.4, 0.5) is 17.1 Å². The number of carbonyl (C=O) groups is 1. The molecule has 2 aliphatic rings. The minimum Gasteiger partial charge on any atom is -0.491 e. The van der Waals surface area contributed by atoms with E-state index in [9.17, 15) is 4.79 Å². The minimum atomic E-state index is -1.07. The zero-order chi connectivity index (χ0) is 35.1. The van der Waals surface area contributed by atoms with Crippen LogP contribution >= 0.6 is 0 Å². The van der Waals surface area contributed by atoms with Crippen LogP contribution in [0.25, 0.3) is 0 Å². The van der Waals surface area contributed by atoms with Crippen molar-refractivity contribution in [3.05, 3.63) is 107 Å². The molecule has 2 aliphatic heterocycles. The third-order valence-electron chi connectivity index (χ3n) is 9.29. The van der Waals surface area contributed by atoms with Gasteiger partial charge in [-0.3, -0.25) is 9.79 Å². The fraction of sp³-hybridized carbons (Fsp3) is 0.325. The van der Waals surface area contributed by atoms with Gasteiger partial charge in [0.15, 0.2) is 0 Å². The molecule has 4 aromatic carbocycles. The summed E-state index contributed by atoms with van der Waals surface area (Å²) in [5.41, 5.74) is 4.90. The molecule has 50 heavy (non-hydrogen) atoms. The Morgan fingerprint density at radius 1 is 0.760 bits per heavy atom. The Hall–Kier alpha value is -5.19. The van der Waals surface area contributed by atoms with Gasteiger partial charge in [-0.1, -0.05) is 30.3 Å². The van der Waals surface area contributed by atoms with Gasteiger partial charge in [0, 0.05) is 78.2 Å². The third-order valence-corrected chi connectivity index (χ3v) is 9.29. The van der Waals surface area contributed by atoms with E-state index in [0.717, 1.165) is 54.2 Å². The predicted molar refractivity (Wildman–Crippen MR) is 199 cm³/mol. The first kappa shape index (κ1) is 34.7. The van der Waals surface area contributed by atoms with Crippen LogP contribution in [0.15, 0.2) is 95.0 Å². The summed E-state index contributed by atoms with van der Waals surface area (Å²) in [4.78, 5) is 23.5.